The molecule has 2 aromatic heterocycles. The number of fused-ring (bicyclic) bond motifs is 15. The number of hydrogen-bond donors (Lipinski definition) is 0. The maximum Gasteiger partial charge on any atom is 0.0927 e. The van der Waals surface area contributed by atoms with Crippen molar-refractivity contribution < 1.29 is 0 Å². The summed E-state index contributed by atoms with van der Waals surface area (Å²) in [5.41, 5.74) is 7.48. The summed E-state index contributed by atoms with van der Waals surface area (Å²) in [4.78, 5) is 9.40. The topological polar surface area (TPSA) is 50.5 Å². The predicted octanol–water partition coefficient (Wildman–Crippen LogP) is 5.08. The van der Waals surface area contributed by atoms with Gasteiger partial charge in [-0.3, -0.25) is 9.97 Å². The van der Waals surface area contributed by atoms with Gasteiger partial charge in [0, 0.05) is 24.2 Å². The zero-order valence-corrected chi connectivity index (χ0v) is 17.8. The van der Waals surface area contributed by atoms with Crippen LogP contribution in [0.25, 0.3) is 0 Å². The quantitative estimate of drug-likeness (QED) is 0.547. The van der Waals surface area contributed by atoms with Crippen molar-refractivity contribution in [3.8, 4) is 0 Å². The van der Waals surface area contributed by atoms with Gasteiger partial charge in [-0.2, -0.15) is 10.2 Å². The van der Waals surface area contributed by atoms with Gasteiger partial charge < -0.3 is 0 Å². The van der Waals surface area contributed by atoms with Crippen molar-refractivity contribution in [1.29, 1.82) is 0 Å². The van der Waals surface area contributed by atoms with Crippen LogP contribution in [0.3, 0.4) is 0 Å². The van der Waals surface area contributed by atoms with Crippen LogP contribution in [-0.2, 0) is 0 Å². The van der Waals surface area contributed by atoms with Gasteiger partial charge in [0.25, 0.3) is 0 Å². The van der Waals surface area contributed by atoms with Crippen LogP contribution in [-0.4, -0.2) is 21.4 Å². The van der Waals surface area contributed by atoms with E-state index in [1.165, 1.54) is 12.8 Å². The van der Waals surface area contributed by atoms with Crippen molar-refractivity contribution in [2.75, 3.05) is 0 Å². The van der Waals surface area contributed by atoms with E-state index in [0.717, 1.165) is 46.5 Å². The standard InChI is InChI=1S/C28H24N4/c1-2-8-16-15(7-1)17-13-18(16)24-20-14-19(23(17)24)25-26(20)28(22-10-4-6-12-30-22)32-31-27(25)21-9-3-5-11-29-21/h1-12,17-20,23-26H,13-14H2. The van der Waals surface area contributed by atoms with E-state index in [1.807, 2.05) is 24.5 Å². The molecule has 0 N–H and O–H groups in total. The number of aromatic nitrogens is 2. The molecular formula is C28H24N4. The average molecular weight is 417 g/mol. The Morgan fingerprint density at radius 3 is 1.53 bits per heavy atom. The molecule has 8 atom stereocenters. The van der Waals surface area contributed by atoms with Crippen molar-refractivity contribution >= 4 is 11.4 Å². The summed E-state index contributed by atoms with van der Waals surface area (Å²) in [6.07, 6.45) is 6.40. The van der Waals surface area contributed by atoms with Crippen LogP contribution in [0.4, 0.5) is 0 Å². The molecule has 0 amide bonds. The summed E-state index contributed by atoms with van der Waals surface area (Å²) in [7, 11) is 0. The largest absolute Gasteiger partial charge is 0.255 e. The fraction of sp³-hybridized carbons (Fsp3) is 0.357. The molecular weight excluding hydrogens is 392 g/mol. The summed E-state index contributed by atoms with van der Waals surface area (Å²) in [6, 6.07) is 21.6. The first kappa shape index (κ1) is 17.4. The van der Waals surface area contributed by atoms with E-state index in [1.54, 1.807) is 11.1 Å². The molecule has 4 nitrogen and oxygen atoms in total. The first-order chi connectivity index (χ1) is 15.9. The molecule has 3 aromatic rings. The fourth-order valence-corrected chi connectivity index (χ4v) is 8.54. The normalized spacial score (nSPS) is 37.5. The van der Waals surface area contributed by atoms with Gasteiger partial charge in [-0.1, -0.05) is 36.4 Å². The number of hydrogen-bond acceptors (Lipinski definition) is 4. The van der Waals surface area contributed by atoms with Gasteiger partial charge >= 0.3 is 0 Å². The Hall–Kier alpha value is -3.14. The van der Waals surface area contributed by atoms with E-state index in [2.05, 4.69) is 48.5 Å². The van der Waals surface area contributed by atoms with Gasteiger partial charge in [0.05, 0.1) is 22.8 Å². The maximum absolute atomic E-state index is 4.84. The van der Waals surface area contributed by atoms with Crippen LogP contribution < -0.4 is 0 Å². The van der Waals surface area contributed by atoms with Gasteiger partial charge in [-0.15, -0.1) is 0 Å². The minimum Gasteiger partial charge on any atom is -0.255 e. The van der Waals surface area contributed by atoms with Crippen LogP contribution in [0.1, 0.15) is 47.2 Å². The molecule has 4 heteroatoms. The maximum atomic E-state index is 4.84. The molecule has 0 radical (unpaired) electrons. The molecule has 1 aliphatic heterocycles. The van der Waals surface area contributed by atoms with E-state index in [-0.39, 0.29) is 0 Å². The molecule has 0 spiro atoms. The Bertz CT molecular complexity index is 1180. The molecule has 5 aliphatic rings. The summed E-state index contributed by atoms with van der Waals surface area (Å²) in [6.45, 7) is 0. The fourth-order valence-electron chi connectivity index (χ4n) is 8.54. The molecule has 4 aliphatic carbocycles. The molecule has 3 heterocycles. The second-order valence-corrected chi connectivity index (χ2v) is 10.2. The van der Waals surface area contributed by atoms with E-state index < -0.39 is 0 Å². The molecule has 156 valence electrons. The zero-order chi connectivity index (χ0) is 20.8. The summed E-state index contributed by atoms with van der Waals surface area (Å²) >= 11 is 0. The third kappa shape index (κ3) is 2.08. The van der Waals surface area contributed by atoms with Crippen LogP contribution in [0, 0.1) is 35.5 Å². The third-order valence-corrected chi connectivity index (χ3v) is 9.27. The second-order valence-electron chi connectivity index (χ2n) is 10.2. The van der Waals surface area contributed by atoms with E-state index in [9.17, 15) is 0 Å². The predicted molar refractivity (Wildman–Crippen MR) is 124 cm³/mol. The van der Waals surface area contributed by atoms with E-state index in [4.69, 9.17) is 20.2 Å². The van der Waals surface area contributed by atoms with Gasteiger partial charge in [-0.25, -0.2) is 0 Å². The number of benzene rings is 1. The molecule has 0 saturated heterocycles. The minimum absolute atomic E-state index is 0.400. The lowest BCUT2D eigenvalue weighted by Crippen LogP contribution is -2.46. The first-order valence-corrected chi connectivity index (χ1v) is 12.0. The monoisotopic (exact) mass is 416 g/mol. The van der Waals surface area contributed by atoms with Crippen molar-refractivity contribution in [3.63, 3.8) is 0 Å². The van der Waals surface area contributed by atoms with Gasteiger partial charge in [0.2, 0.25) is 0 Å². The van der Waals surface area contributed by atoms with Gasteiger partial charge in [0.15, 0.2) is 0 Å². The van der Waals surface area contributed by atoms with Crippen molar-refractivity contribution in [3.05, 3.63) is 95.6 Å². The van der Waals surface area contributed by atoms with Crippen molar-refractivity contribution in [2.45, 2.75) is 24.7 Å². The molecule has 3 saturated carbocycles. The molecule has 3 fully saturated rings. The summed E-state index contributed by atoms with van der Waals surface area (Å²) in [5.74, 6) is 5.12. The van der Waals surface area contributed by atoms with Gasteiger partial charge in [-0.05, 0) is 83.7 Å². The molecule has 8 unspecified atom stereocenters. The highest BCUT2D eigenvalue weighted by molar-refractivity contribution is 6.11. The lowest BCUT2D eigenvalue weighted by atomic mass is 9.59. The lowest BCUT2D eigenvalue weighted by Gasteiger charge is -2.45. The average Bonchev–Trinajstić information content (AvgIpc) is 3.62. The lowest BCUT2D eigenvalue weighted by molar-refractivity contribution is 0.162. The van der Waals surface area contributed by atoms with Crippen LogP contribution in [0.5, 0.6) is 0 Å². The summed E-state index contributed by atoms with van der Waals surface area (Å²) in [5, 5.41) is 9.68. The van der Waals surface area contributed by atoms with Crippen molar-refractivity contribution in [1.82, 2.24) is 9.97 Å². The number of rotatable bonds is 2. The van der Waals surface area contributed by atoms with E-state index in [0.29, 0.717) is 23.7 Å². The zero-order valence-electron chi connectivity index (χ0n) is 17.8. The highest BCUT2D eigenvalue weighted by Crippen LogP contribution is 2.74. The van der Waals surface area contributed by atoms with E-state index >= 15 is 0 Å². The highest BCUT2D eigenvalue weighted by Gasteiger charge is 2.69. The molecule has 32 heavy (non-hydrogen) atoms. The third-order valence-electron chi connectivity index (χ3n) is 9.27. The second kappa shape index (κ2) is 6.22. The minimum atomic E-state index is 0.400. The number of pyridine rings is 2. The Kier molecular flexibility index (Phi) is 3.38. The highest BCUT2D eigenvalue weighted by atomic mass is 15.2. The van der Waals surface area contributed by atoms with Crippen LogP contribution in [0.15, 0.2) is 83.3 Å². The first-order valence-electron chi connectivity index (χ1n) is 12.0. The van der Waals surface area contributed by atoms with Crippen LogP contribution in [0.2, 0.25) is 0 Å². The SMILES string of the molecule is c1ccc(C2=NN=C(c3ccccn3)C3C4CC(C23)C2C3CC(c5ccccc53)C42)nc1. The molecule has 4 bridgehead atoms. The smallest absolute Gasteiger partial charge is 0.0927 e. The summed E-state index contributed by atoms with van der Waals surface area (Å²) < 4.78 is 0. The Morgan fingerprint density at radius 2 is 1.06 bits per heavy atom. The molecule has 8 rings (SSSR count). The van der Waals surface area contributed by atoms with Gasteiger partial charge in [0.1, 0.15) is 0 Å². The van der Waals surface area contributed by atoms with Crippen LogP contribution >= 0.6 is 0 Å². The Labute approximate surface area is 187 Å². The Balaban J connectivity index is 1.29. The number of nitrogens with zero attached hydrogens (tertiary/aromatic N) is 4. The Morgan fingerprint density at radius 1 is 0.562 bits per heavy atom. The molecule has 1 aromatic carbocycles. The van der Waals surface area contributed by atoms with Crippen molar-refractivity contribution in [2.24, 2.45) is 45.7 Å².